The van der Waals surface area contributed by atoms with Crippen molar-refractivity contribution < 1.29 is 4.79 Å². The fourth-order valence-electron chi connectivity index (χ4n) is 2.23. The Morgan fingerprint density at radius 1 is 1.42 bits per heavy atom. The summed E-state index contributed by atoms with van der Waals surface area (Å²) in [5, 5.41) is 3.80. The van der Waals surface area contributed by atoms with Crippen molar-refractivity contribution in [3.63, 3.8) is 0 Å². The molecule has 2 atom stereocenters. The van der Waals surface area contributed by atoms with Crippen molar-refractivity contribution in [2.75, 3.05) is 18.4 Å². The average molecular weight is 302 g/mol. The van der Waals surface area contributed by atoms with Crippen LogP contribution in [0.3, 0.4) is 0 Å². The van der Waals surface area contributed by atoms with Crippen LogP contribution in [-0.2, 0) is 0 Å². The van der Waals surface area contributed by atoms with Crippen molar-refractivity contribution in [2.45, 2.75) is 19.4 Å². The second kappa shape index (κ2) is 5.99. The van der Waals surface area contributed by atoms with Gasteiger partial charge < -0.3 is 16.0 Å². The van der Waals surface area contributed by atoms with Gasteiger partial charge >= 0.3 is 6.03 Å². The van der Waals surface area contributed by atoms with Crippen molar-refractivity contribution in [3.05, 3.63) is 28.2 Å². The van der Waals surface area contributed by atoms with E-state index in [4.69, 9.17) is 28.9 Å². The number of likely N-dealkylation sites (tertiary alicyclic amines) is 1. The minimum Gasteiger partial charge on any atom is -0.328 e. The van der Waals surface area contributed by atoms with Gasteiger partial charge in [0.25, 0.3) is 0 Å². The molecule has 0 radical (unpaired) electrons. The number of carbonyl (C=O) groups excluding carboxylic acids is 1. The average Bonchev–Trinajstić information content (AvgIpc) is 2.76. The summed E-state index contributed by atoms with van der Waals surface area (Å²) >= 11 is 11.8. The van der Waals surface area contributed by atoms with Gasteiger partial charge in [-0.1, -0.05) is 23.2 Å². The fraction of sp³-hybridized carbons (Fsp3) is 0.462. The number of hydrogen-bond donors (Lipinski definition) is 2. The fourth-order valence-corrected chi connectivity index (χ4v) is 2.76. The lowest BCUT2D eigenvalue weighted by Crippen LogP contribution is -2.35. The molecule has 0 aromatic heterocycles. The molecule has 19 heavy (non-hydrogen) atoms. The van der Waals surface area contributed by atoms with Gasteiger partial charge in [-0.3, -0.25) is 0 Å². The van der Waals surface area contributed by atoms with Gasteiger partial charge in [0.2, 0.25) is 0 Å². The topological polar surface area (TPSA) is 58.4 Å². The summed E-state index contributed by atoms with van der Waals surface area (Å²) in [4.78, 5) is 13.9. The highest BCUT2D eigenvalue weighted by atomic mass is 35.5. The number of nitrogens with zero attached hydrogens (tertiary/aromatic N) is 1. The van der Waals surface area contributed by atoms with Crippen LogP contribution in [0, 0.1) is 5.92 Å². The number of nitrogens with one attached hydrogen (secondary N) is 1. The lowest BCUT2D eigenvalue weighted by molar-refractivity contribution is 0.220. The summed E-state index contributed by atoms with van der Waals surface area (Å²) in [7, 11) is 0. The Morgan fingerprint density at radius 3 is 2.58 bits per heavy atom. The van der Waals surface area contributed by atoms with Crippen LogP contribution in [0.5, 0.6) is 0 Å². The number of nitrogens with two attached hydrogens (primary N) is 1. The number of carbonyl (C=O) groups is 1. The van der Waals surface area contributed by atoms with Crippen LogP contribution in [0.25, 0.3) is 0 Å². The molecule has 6 heteroatoms. The van der Waals surface area contributed by atoms with E-state index in [0.717, 1.165) is 13.0 Å². The number of hydrogen-bond acceptors (Lipinski definition) is 2. The summed E-state index contributed by atoms with van der Waals surface area (Å²) in [6.45, 7) is 3.40. The highest BCUT2D eigenvalue weighted by molar-refractivity contribution is 6.35. The third-order valence-corrected chi connectivity index (χ3v) is 3.81. The first-order chi connectivity index (χ1) is 8.95. The number of halogens is 2. The summed E-state index contributed by atoms with van der Waals surface area (Å²) < 4.78 is 0. The van der Waals surface area contributed by atoms with Gasteiger partial charge in [0.15, 0.2) is 0 Å². The molecule has 1 aromatic carbocycles. The van der Waals surface area contributed by atoms with E-state index in [1.165, 1.54) is 0 Å². The number of rotatable bonds is 2. The van der Waals surface area contributed by atoms with Gasteiger partial charge in [0.1, 0.15) is 0 Å². The lowest BCUT2D eigenvalue weighted by atomic mass is 10.0. The smallest absolute Gasteiger partial charge is 0.321 e. The summed E-state index contributed by atoms with van der Waals surface area (Å²) in [5.74, 6) is 0.369. The molecular weight excluding hydrogens is 285 g/mol. The molecule has 1 aromatic rings. The maximum absolute atomic E-state index is 12.1. The largest absolute Gasteiger partial charge is 0.328 e. The molecule has 1 fully saturated rings. The number of benzene rings is 1. The molecule has 1 aliphatic rings. The first-order valence-electron chi connectivity index (χ1n) is 6.23. The Morgan fingerprint density at radius 2 is 2.05 bits per heavy atom. The number of urea groups is 1. The molecule has 0 spiro atoms. The predicted octanol–water partition coefficient (Wildman–Crippen LogP) is 3.19. The van der Waals surface area contributed by atoms with Gasteiger partial charge in [-0.15, -0.1) is 0 Å². The van der Waals surface area contributed by atoms with Gasteiger partial charge in [-0.25, -0.2) is 4.79 Å². The van der Waals surface area contributed by atoms with E-state index in [2.05, 4.69) is 5.32 Å². The van der Waals surface area contributed by atoms with Crippen LogP contribution in [0.1, 0.15) is 13.3 Å². The molecule has 0 aliphatic carbocycles. The van der Waals surface area contributed by atoms with Gasteiger partial charge in [-0.05, 0) is 37.5 Å². The lowest BCUT2D eigenvalue weighted by Gasteiger charge is -2.19. The van der Waals surface area contributed by atoms with Gasteiger partial charge in [0, 0.05) is 34.9 Å². The zero-order chi connectivity index (χ0) is 14.0. The van der Waals surface area contributed by atoms with Crippen molar-refractivity contribution in [1.29, 1.82) is 0 Å². The van der Waals surface area contributed by atoms with Crippen molar-refractivity contribution in [3.8, 4) is 0 Å². The third-order valence-electron chi connectivity index (χ3n) is 3.37. The van der Waals surface area contributed by atoms with Crippen molar-refractivity contribution in [2.24, 2.45) is 11.7 Å². The van der Waals surface area contributed by atoms with Crippen LogP contribution in [-0.4, -0.2) is 30.1 Å². The van der Waals surface area contributed by atoms with Crippen LogP contribution in [0.4, 0.5) is 10.5 Å². The number of anilines is 1. The molecule has 3 N–H and O–H groups in total. The zero-order valence-electron chi connectivity index (χ0n) is 10.7. The quantitative estimate of drug-likeness (QED) is 0.881. The minimum atomic E-state index is -0.138. The standard InChI is InChI=1S/C13H17Cl2N3O/c1-8(16)9-2-3-18(7-9)13(19)17-12-5-10(14)4-11(15)6-12/h4-6,8-9H,2-3,7,16H2,1H3,(H,17,19). The van der Waals surface area contributed by atoms with Crippen LogP contribution < -0.4 is 11.1 Å². The van der Waals surface area contributed by atoms with Crippen LogP contribution in [0.2, 0.25) is 10.0 Å². The normalized spacial score (nSPS) is 20.4. The second-order valence-electron chi connectivity index (χ2n) is 4.94. The van der Waals surface area contributed by atoms with E-state index in [1.807, 2.05) is 6.92 Å². The van der Waals surface area contributed by atoms with E-state index in [0.29, 0.717) is 28.2 Å². The minimum absolute atomic E-state index is 0.110. The Labute approximate surface area is 122 Å². The first kappa shape index (κ1) is 14.4. The molecule has 104 valence electrons. The Kier molecular flexibility index (Phi) is 4.55. The molecule has 1 aliphatic heterocycles. The summed E-state index contributed by atoms with van der Waals surface area (Å²) in [5.41, 5.74) is 6.46. The van der Waals surface area contributed by atoms with E-state index in [-0.39, 0.29) is 12.1 Å². The molecule has 0 saturated carbocycles. The molecule has 4 nitrogen and oxygen atoms in total. The van der Waals surface area contributed by atoms with E-state index < -0.39 is 0 Å². The molecule has 1 saturated heterocycles. The highest BCUT2D eigenvalue weighted by Gasteiger charge is 2.28. The van der Waals surface area contributed by atoms with E-state index in [9.17, 15) is 4.79 Å². The molecular formula is C13H17Cl2N3O. The van der Waals surface area contributed by atoms with Crippen molar-refractivity contribution in [1.82, 2.24) is 4.90 Å². The molecule has 2 rings (SSSR count). The summed E-state index contributed by atoms with van der Waals surface area (Å²) in [6.07, 6.45) is 0.946. The Bertz CT molecular complexity index is 459. The van der Waals surface area contributed by atoms with Crippen molar-refractivity contribution >= 4 is 34.9 Å². The predicted molar refractivity (Wildman–Crippen MR) is 78.8 cm³/mol. The maximum Gasteiger partial charge on any atom is 0.321 e. The molecule has 0 bridgehead atoms. The molecule has 1 heterocycles. The van der Waals surface area contributed by atoms with Gasteiger partial charge in [-0.2, -0.15) is 0 Å². The monoisotopic (exact) mass is 301 g/mol. The van der Waals surface area contributed by atoms with Crippen LogP contribution >= 0.6 is 23.2 Å². The molecule has 2 unspecified atom stereocenters. The van der Waals surface area contributed by atoms with Crippen LogP contribution in [0.15, 0.2) is 18.2 Å². The number of amides is 2. The Balaban J connectivity index is 1.98. The molecule has 2 amide bonds. The highest BCUT2D eigenvalue weighted by Crippen LogP contribution is 2.24. The SMILES string of the molecule is CC(N)C1CCN(C(=O)Nc2cc(Cl)cc(Cl)c2)C1. The van der Waals surface area contributed by atoms with Gasteiger partial charge in [0.05, 0.1) is 0 Å². The van der Waals surface area contributed by atoms with E-state index in [1.54, 1.807) is 23.1 Å². The summed E-state index contributed by atoms with van der Waals surface area (Å²) in [6, 6.07) is 4.94. The third kappa shape index (κ3) is 3.75. The maximum atomic E-state index is 12.1. The first-order valence-corrected chi connectivity index (χ1v) is 6.99. The Hall–Kier alpha value is -0.970. The second-order valence-corrected chi connectivity index (χ2v) is 5.82. The zero-order valence-corrected chi connectivity index (χ0v) is 12.2. The van der Waals surface area contributed by atoms with E-state index >= 15 is 0 Å².